The Kier molecular flexibility index (Phi) is 6.63. The molecule has 142 valence electrons. The van der Waals surface area contributed by atoms with Crippen molar-refractivity contribution in [1.29, 1.82) is 0 Å². The fourth-order valence-electron chi connectivity index (χ4n) is 2.65. The molecule has 0 amide bonds. The van der Waals surface area contributed by atoms with Gasteiger partial charge in [-0.2, -0.15) is 0 Å². The summed E-state index contributed by atoms with van der Waals surface area (Å²) in [7, 11) is 0.778. The maximum absolute atomic E-state index is 12.8. The van der Waals surface area contributed by atoms with Crippen molar-refractivity contribution in [2.75, 3.05) is 27.9 Å². The van der Waals surface area contributed by atoms with Crippen LogP contribution in [0.1, 0.15) is 22.8 Å². The molecule has 0 saturated carbocycles. The number of ether oxygens (including phenoxy) is 3. The fraction of sp³-hybridized carbons (Fsp3) is 0.368. The van der Waals surface area contributed by atoms with Gasteiger partial charge < -0.3 is 14.2 Å². The van der Waals surface area contributed by atoms with Gasteiger partial charge in [0.1, 0.15) is 16.4 Å². The van der Waals surface area contributed by atoms with Crippen molar-refractivity contribution in [3.8, 4) is 11.5 Å². The lowest BCUT2D eigenvalue weighted by atomic mass is 10.1. The summed E-state index contributed by atoms with van der Waals surface area (Å²) in [6, 6.07) is 10.7. The minimum absolute atomic E-state index is 0.0648. The van der Waals surface area contributed by atoms with Crippen LogP contribution >= 0.6 is 0 Å². The molecule has 0 aliphatic rings. The van der Waals surface area contributed by atoms with Gasteiger partial charge in [0.2, 0.25) is 10.0 Å². The average molecular weight is 379 g/mol. The van der Waals surface area contributed by atoms with E-state index in [1.54, 1.807) is 19.2 Å². The number of benzene rings is 2. The molecule has 0 spiro atoms. The highest BCUT2D eigenvalue weighted by Crippen LogP contribution is 2.29. The summed E-state index contributed by atoms with van der Waals surface area (Å²) in [6.45, 7) is 3.83. The van der Waals surface area contributed by atoms with Gasteiger partial charge in [-0.1, -0.05) is 18.2 Å². The highest BCUT2D eigenvalue weighted by molar-refractivity contribution is 7.89. The monoisotopic (exact) mass is 379 g/mol. The van der Waals surface area contributed by atoms with Crippen LogP contribution in [0.25, 0.3) is 0 Å². The van der Waals surface area contributed by atoms with Crippen LogP contribution in [0.15, 0.2) is 41.3 Å². The summed E-state index contributed by atoms with van der Waals surface area (Å²) in [6.07, 6.45) is -0.488. The van der Waals surface area contributed by atoms with Crippen molar-refractivity contribution in [3.63, 3.8) is 0 Å². The summed E-state index contributed by atoms with van der Waals surface area (Å²) >= 11 is 0. The molecule has 2 aromatic rings. The van der Waals surface area contributed by atoms with Crippen molar-refractivity contribution in [2.45, 2.75) is 24.8 Å². The first-order valence-electron chi connectivity index (χ1n) is 8.14. The second-order valence-corrected chi connectivity index (χ2v) is 7.64. The average Bonchev–Trinajstić information content (AvgIpc) is 2.64. The van der Waals surface area contributed by atoms with Crippen LogP contribution in [0, 0.1) is 13.8 Å². The second kappa shape index (κ2) is 8.53. The van der Waals surface area contributed by atoms with E-state index >= 15 is 0 Å². The van der Waals surface area contributed by atoms with E-state index in [-0.39, 0.29) is 11.4 Å². The zero-order valence-electron chi connectivity index (χ0n) is 15.7. The summed E-state index contributed by atoms with van der Waals surface area (Å²) < 4.78 is 44.3. The van der Waals surface area contributed by atoms with Crippen molar-refractivity contribution in [2.24, 2.45) is 0 Å². The summed E-state index contributed by atoms with van der Waals surface area (Å²) in [5.41, 5.74) is 2.61. The third-order valence-electron chi connectivity index (χ3n) is 4.30. The Morgan fingerprint density at radius 1 is 0.962 bits per heavy atom. The van der Waals surface area contributed by atoms with E-state index in [1.807, 2.05) is 38.1 Å². The molecule has 0 aliphatic carbocycles. The molecule has 1 N–H and O–H groups in total. The van der Waals surface area contributed by atoms with Crippen molar-refractivity contribution in [1.82, 2.24) is 4.72 Å². The molecule has 0 fully saturated rings. The zero-order chi connectivity index (χ0) is 19.3. The van der Waals surface area contributed by atoms with Crippen LogP contribution in [0.4, 0.5) is 0 Å². The molecule has 0 radical (unpaired) electrons. The van der Waals surface area contributed by atoms with Gasteiger partial charge in [0.05, 0.1) is 20.3 Å². The first-order valence-corrected chi connectivity index (χ1v) is 9.63. The minimum atomic E-state index is -3.77. The topological polar surface area (TPSA) is 73.9 Å². The van der Waals surface area contributed by atoms with Crippen molar-refractivity contribution >= 4 is 10.0 Å². The number of rotatable bonds is 8. The molecule has 26 heavy (non-hydrogen) atoms. The molecular formula is C19H25NO5S. The predicted molar refractivity (Wildman–Crippen MR) is 100 cm³/mol. The Morgan fingerprint density at radius 3 is 2.19 bits per heavy atom. The van der Waals surface area contributed by atoms with E-state index in [0.717, 1.165) is 16.7 Å². The van der Waals surface area contributed by atoms with E-state index in [9.17, 15) is 8.42 Å². The van der Waals surface area contributed by atoms with Gasteiger partial charge in [-0.05, 0) is 43.2 Å². The lowest BCUT2D eigenvalue weighted by Crippen LogP contribution is -2.30. The van der Waals surface area contributed by atoms with Crippen LogP contribution in [0.3, 0.4) is 0 Å². The number of hydrogen-bond acceptors (Lipinski definition) is 5. The van der Waals surface area contributed by atoms with E-state index in [0.29, 0.717) is 11.5 Å². The number of para-hydroxylation sites is 1. The molecule has 1 unspecified atom stereocenters. The molecule has 0 aromatic heterocycles. The van der Waals surface area contributed by atoms with E-state index in [2.05, 4.69) is 4.72 Å². The largest absolute Gasteiger partial charge is 0.496 e. The lowest BCUT2D eigenvalue weighted by Gasteiger charge is -2.20. The number of methoxy groups -OCH3 is 3. The third kappa shape index (κ3) is 4.35. The molecule has 7 heteroatoms. The molecule has 2 rings (SSSR count). The number of aryl methyl sites for hydroxylation is 2. The molecule has 2 aromatic carbocycles. The first kappa shape index (κ1) is 20.2. The van der Waals surface area contributed by atoms with E-state index < -0.39 is 16.1 Å². The summed E-state index contributed by atoms with van der Waals surface area (Å²) in [5, 5.41) is 0. The number of sulfonamides is 1. The van der Waals surface area contributed by atoms with Crippen LogP contribution in [0.5, 0.6) is 11.5 Å². The van der Waals surface area contributed by atoms with Crippen LogP contribution in [-0.4, -0.2) is 36.3 Å². The number of nitrogens with one attached hydrogen (secondary N) is 1. The molecule has 0 bridgehead atoms. The smallest absolute Gasteiger partial charge is 0.244 e. The quantitative estimate of drug-likeness (QED) is 0.763. The molecule has 0 aliphatic heterocycles. The zero-order valence-corrected chi connectivity index (χ0v) is 16.5. The second-order valence-electron chi connectivity index (χ2n) is 5.91. The fourth-order valence-corrected chi connectivity index (χ4v) is 3.91. The van der Waals surface area contributed by atoms with Crippen LogP contribution < -0.4 is 14.2 Å². The van der Waals surface area contributed by atoms with Crippen molar-refractivity contribution < 1.29 is 22.6 Å². The molecule has 6 nitrogen and oxygen atoms in total. The standard InChI is InChI=1S/C19H25NO5S/c1-13-10-17(24-4)19(11-14(13)2)26(21,22)20-12-18(25-5)15-8-6-7-9-16(15)23-3/h6-11,18,20H,12H2,1-5H3. The minimum Gasteiger partial charge on any atom is -0.496 e. The Hall–Kier alpha value is -2.09. The van der Waals surface area contributed by atoms with E-state index in [1.165, 1.54) is 14.2 Å². The predicted octanol–water partition coefficient (Wildman–Crippen LogP) is 2.99. The normalized spacial score (nSPS) is 12.7. The number of hydrogen-bond donors (Lipinski definition) is 1. The molecule has 1 atom stereocenters. The van der Waals surface area contributed by atoms with Gasteiger partial charge in [0.25, 0.3) is 0 Å². The van der Waals surface area contributed by atoms with Gasteiger partial charge in [0.15, 0.2) is 0 Å². The SMILES string of the molecule is COc1ccccc1C(CNS(=O)(=O)c1cc(C)c(C)cc1OC)OC. The van der Waals surface area contributed by atoms with Crippen molar-refractivity contribution in [3.05, 3.63) is 53.1 Å². The summed E-state index contributed by atoms with van der Waals surface area (Å²) in [4.78, 5) is 0.109. The Labute approximate surface area is 155 Å². The van der Waals surface area contributed by atoms with Crippen LogP contribution in [-0.2, 0) is 14.8 Å². The van der Waals surface area contributed by atoms with Gasteiger partial charge in [-0.15, -0.1) is 0 Å². The van der Waals surface area contributed by atoms with E-state index in [4.69, 9.17) is 14.2 Å². The Balaban J connectivity index is 2.28. The van der Waals surface area contributed by atoms with Gasteiger partial charge in [-0.25, -0.2) is 13.1 Å². The maximum atomic E-state index is 12.8. The first-order chi connectivity index (χ1) is 12.3. The molecular weight excluding hydrogens is 354 g/mol. The molecule has 0 saturated heterocycles. The van der Waals surface area contributed by atoms with Gasteiger partial charge in [0, 0.05) is 19.2 Å². The Morgan fingerprint density at radius 2 is 1.58 bits per heavy atom. The highest BCUT2D eigenvalue weighted by atomic mass is 32.2. The Bertz CT molecular complexity index is 864. The highest BCUT2D eigenvalue weighted by Gasteiger charge is 2.23. The lowest BCUT2D eigenvalue weighted by molar-refractivity contribution is 0.105. The summed E-state index contributed by atoms with van der Waals surface area (Å²) in [5.74, 6) is 0.953. The van der Waals surface area contributed by atoms with Gasteiger partial charge >= 0.3 is 0 Å². The third-order valence-corrected chi connectivity index (χ3v) is 5.74. The molecule has 0 heterocycles. The van der Waals surface area contributed by atoms with Gasteiger partial charge in [-0.3, -0.25) is 0 Å². The maximum Gasteiger partial charge on any atom is 0.244 e. The van der Waals surface area contributed by atoms with Crippen LogP contribution in [0.2, 0.25) is 0 Å².